The molecule has 3 fully saturated rings. The van der Waals surface area contributed by atoms with E-state index in [1.165, 1.54) is 25.7 Å². The summed E-state index contributed by atoms with van der Waals surface area (Å²) in [5, 5.41) is 24.0. The first kappa shape index (κ1) is 26.8. The van der Waals surface area contributed by atoms with Gasteiger partial charge in [-0.15, -0.1) is 0 Å². The Morgan fingerprint density at radius 3 is 2.26 bits per heavy atom. The van der Waals surface area contributed by atoms with Crippen molar-refractivity contribution in [3.05, 3.63) is 48.0 Å². The summed E-state index contributed by atoms with van der Waals surface area (Å²) in [6, 6.07) is 15.3. The fraction of sp³-hybridized carbons (Fsp3) is 0.452. The molecule has 1 heterocycles. The van der Waals surface area contributed by atoms with Crippen molar-refractivity contribution in [1.29, 1.82) is 10.8 Å². The zero-order valence-corrected chi connectivity index (χ0v) is 22.9. The van der Waals surface area contributed by atoms with Crippen LogP contribution in [-0.4, -0.2) is 42.5 Å². The van der Waals surface area contributed by atoms with Gasteiger partial charge in [0.15, 0.2) is 5.90 Å². The zero-order chi connectivity index (χ0) is 27.4. The molecule has 8 nitrogen and oxygen atoms in total. The van der Waals surface area contributed by atoms with Gasteiger partial charge in [0.2, 0.25) is 12.3 Å². The Labute approximate surface area is 230 Å². The van der Waals surface area contributed by atoms with Gasteiger partial charge in [-0.1, -0.05) is 12.1 Å². The molecule has 0 aliphatic heterocycles. The molecule has 0 radical (unpaired) electrons. The molecule has 39 heavy (non-hydrogen) atoms. The topological polar surface area (TPSA) is 112 Å². The highest BCUT2D eigenvalue weighted by Gasteiger charge is 2.33. The van der Waals surface area contributed by atoms with Crippen LogP contribution in [0.1, 0.15) is 69.9 Å². The second-order valence-corrected chi connectivity index (χ2v) is 10.6. The summed E-state index contributed by atoms with van der Waals surface area (Å²) >= 11 is 0. The number of ether oxygens (including phenoxy) is 2. The molecular formula is C31H39N5O3. The summed E-state index contributed by atoms with van der Waals surface area (Å²) in [6.45, 7) is 2.60. The summed E-state index contributed by atoms with van der Waals surface area (Å²) in [5.41, 5.74) is 4.91. The van der Waals surface area contributed by atoms with E-state index in [2.05, 4.69) is 45.5 Å². The predicted octanol–water partition coefficient (Wildman–Crippen LogP) is 6.49. The molecule has 1 amide bonds. The Morgan fingerprint density at radius 1 is 1.03 bits per heavy atom. The van der Waals surface area contributed by atoms with Crippen molar-refractivity contribution in [3.63, 3.8) is 0 Å². The summed E-state index contributed by atoms with van der Waals surface area (Å²) < 4.78 is 14.0. The molecule has 1 aromatic heterocycles. The van der Waals surface area contributed by atoms with Crippen molar-refractivity contribution < 1.29 is 14.3 Å². The molecule has 8 heteroatoms. The molecule has 4 N–H and O–H groups in total. The minimum Gasteiger partial charge on any atom is -0.494 e. The summed E-state index contributed by atoms with van der Waals surface area (Å²) in [6.07, 6.45) is 9.83. The van der Waals surface area contributed by atoms with Crippen molar-refractivity contribution in [2.75, 3.05) is 19.0 Å². The van der Waals surface area contributed by atoms with Gasteiger partial charge >= 0.3 is 0 Å². The smallest absolute Gasteiger partial charge is 0.223 e. The summed E-state index contributed by atoms with van der Waals surface area (Å²) in [7, 11) is 1.91. The van der Waals surface area contributed by atoms with Crippen molar-refractivity contribution in [1.82, 2.24) is 9.88 Å². The van der Waals surface area contributed by atoms with Crippen LogP contribution in [0.3, 0.4) is 0 Å². The number of carbonyl (C=O) groups excluding carboxylic acids is 1. The number of amides is 1. The number of anilines is 1. The first-order chi connectivity index (χ1) is 19.0. The normalized spacial score (nSPS) is 16.8. The Hall–Kier alpha value is -3.81. The number of nitrogens with zero attached hydrogens (tertiary/aromatic N) is 1. The van der Waals surface area contributed by atoms with Crippen molar-refractivity contribution >= 4 is 34.8 Å². The van der Waals surface area contributed by atoms with Crippen LogP contribution in [0.2, 0.25) is 0 Å². The van der Waals surface area contributed by atoms with Crippen molar-refractivity contribution in [3.8, 4) is 17.0 Å². The standard InChI is InChI=1S/C26H30N4O2.C5H9NO/c1-3-31-20-13-14-21-22(15-20)30(19-5-4-6-19)24(16-9-11-18(29-2)12-10-16)23(21)26(28)32-25(27)17-7-8-17;7-4-6-5-2-1-3-5/h9-15,17,19,27-29H,3-8H2,1-2H3;4-5H,1-3H2,(H,6,7). The first-order valence-electron chi connectivity index (χ1n) is 14.2. The van der Waals surface area contributed by atoms with Crippen LogP contribution in [0.25, 0.3) is 22.2 Å². The van der Waals surface area contributed by atoms with Gasteiger partial charge in [0, 0.05) is 42.2 Å². The first-order valence-corrected chi connectivity index (χ1v) is 14.2. The lowest BCUT2D eigenvalue weighted by molar-refractivity contribution is -0.110. The highest BCUT2D eigenvalue weighted by atomic mass is 16.5. The van der Waals surface area contributed by atoms with Gasteiger partial charge in [-0.05, 0) is 88.1 Å². The minimum atomic E-state index is 0.0572. The van der Waals surface area contributed by atoms with Crippen LogP contribution < -0.4 is 15.4 Å². The molecule has 3 aliphatic carbocycles. The molecule has 0 bridgehead atoms. The number of hydrogen-bond donors (Lipinski definition) is 4. The highest BCUT2D eigenvalue weighted by Crippen LogP contribution is 2.44. The zero-order valence-electron chi connectivity index (χ0n) is 22.9. The largest absolute Gasteiger partial charge is 0.494 e. The maximum Gasteiger partial charge on any atom is 0.223 e. The molecule has 3 aliphatic rings. The second-order valence-electron chi connectivity index (χ2n) is 10.6. The van der Waals surface area contributed by atoms with Gasteiger partial charge < -0.3 is 24.7 Å². The van der Waals surface area contributed by atoms with E-state index >= 15 is 0 Å². The van der Waals surface area contributed by atoms with Gasteiger partial charge in [0.1, 0.15) is 5.75 Å². The molecule has 0 saturated heterocycles. The summed E-state index contributed by atoms with van der Waals surface area (Å²) in [4.78, 5) is 9.70. The number of aromatic nitrogens is 1. The molecule has 3 saturated carbocycles. The van der Waals surface area contributed by atoms with E-state index in [4.69, 9.17) is 20.3 Å². The van der Waals surface area contributed by atoms with E-state index in [-0.39, 0.29) is 17.7 Å². The predicted molar refractivity (Wildman–Crippen MR) is 156 cm³/mol. The Kier molecular flexibility index (Phi) is 8.19. The maximum absolute atomic E-state index is 9.70. The highest BCUT2D eigenvalue weighted by molar-refractivity contribution is 6.14. The Bertz CT molecular complexity index is 1330. The van der Waals surface area contributed by atoms with Gasteiger partial charge in [0.05, 0.1) is 23.4 Å². The molecule has 2 aromatic carbocycles. The van der Waals surface area contributed by atoms with E-state index in [1.807, 2.05) is 26.1 Å². The Morgan fingerprint density at radius 2 is 1.74 bits per heavy atom. The fourth-order valence-electron chi connectivity index (χ4n) is 5.14. The number of benzene rings is 2. The van der Waals surface area contributed by atoms with E-state index < -0.39 is 0 Å². The quantitative estimate of drug-likeness (QED) is 0.144. The minimum absolute atomic E-state index is 0.0572. The summed E-state index contributed by atoms with van der Waals surface area (Å²) in [5.74, 6) is 1.27. The molecule has 206 valence electrons. The van der Waals surface area contributed by atoms with Gasteiger partial charge in [-0.2, -0.15) is 0 Å². The van der Waals surface area contributed by atoms with Crippen LogP contribution in [0.4, 0.5) is 5.69 Å². The van der Waals surface area contributed by atoms with E-state index in [0.717, 1.165) is 71.3 Å². The van der Waals surface area contributed by atoms with Crippen LogP contribution in [0.15, 0.2) is 42.5 Å². The monoisotopic (exact) mass is 529 g/mol. The van der Waals surface area contributed by atoms with E-state index in [0.29, 0.717) is 18.7 Å². The van der Waals surface area contributed by atoms with Crippen LogP contribution in [-0.2, 0) is 9.53 Å². The SMILES string of the molecule is CCOc1ccc2c(C(=N)OC(=N)C3CC3)c(-c3ccc(NC)cc3)n(C3CCC3)c2c1.O=CNC1CCC1. The third-order valence-corrected chi connectivity index (χ3v) is 7.97. The van der Waals surface area contributed by atoms with Crippen molar-refractivity contribution in [2.24, 2.45) is 5.92 Å². The molecule has 0 spiro atoms. The molecule has 0 atom stereocenters. The number of rotatable bonds is 9. The molecular weight excluding hydrogens is 490 g/mol. The number of nitrogens with one attached hydrogen (secondary N) is 4. The lowest BCUT2D eigenvalue weighted by Gasteiger charge is -2.30. The molecule has 6 rings (SSSR count). The van der Waals surface area contributed by atoms with E-state index in [9.17, 15) is 4.79 Å². The molecule has 0 unspecified atom stereocenters. The maximum atomic E-state index is 9.70. The van der Waals surface area contributed by atoms with Gasteiger partial charge in [-0.3, -0.25) is 15.6 Å². The average Bonchev–Trinajstić information content (AvgIpc) is 3.69. The van der Waals surface area contributed by atoms with Crippen LogP contribution in [0, 0.1) is 16.7 Å². The third-order valence-electron chi connectivity index (χ3n) is 7.97. The van der Waals surface area contributed by atoms with Gasteiger partial charge in [0.25, 0.3) is 0 Å². The number of hydrogen-bond acceptors (Lipinski definition) is 6. The van der Waals surface area contributed by atoms with Crippen molar-refractivity contribution in [2.45, 2.75) is 70.4 Å². The Balaban J connectivity index is 0.000000384. The lowest BCUT2D eigenvalue weighted by atomic mass is 9.92. The van der Waals surface area contributed by atoms with Gasteiger partial charge in [-0.25, -0.2) is 0 Å². The van der Waals surface area contributed by atoms with Crippen LogP contribution in [0.5, 0.6) is 5.75 Å². The number of carbonyl (C=O) groups is 1. The fourth-order valence-corrected chi connectivity index (χ4v) is 5.14. The number of fused-ring (bicyclic) bond motifs is 1. The van der Waals surface area contributed by atoms with Crippen LogP contribution >= 0.6 is 0 Å². The van der Waals surface area contributed by atoms with E-state index in [1.54, 1.807) is 0 Å². The lowest BCUT2D eigenvalue weighted by Crippen LogP contribution is -2.33. The average molecular weight is 530 g/mol. The third kappa shape index (κ3) is 5.79. The molecule has 3 aromatic rings. The second kappa shape index (κ2) is 11.9.